The lowest BCUT2D eigenvalue weighted by Crippen LogP contribution is -2.38. The first-order chi connectivity index (χ1) is 12.3. The number of hydrogen-bond acceptors (Lipinski definition) is 3. The number of nitrogens with zero attached hydrogens (tertiary/aromatic N) is 1. The third kappa shape index (κ3) is 3.75. The molecule has 6 heteroatoms. The highest BCUT2D eigenvalue weighted by molar-refractivity contribution is 7.92. The number of carbonyl (C=O) groups excluding carboxylic acids is 1. The lowest BCUT2D eigenvalue weighted by atomic mass is 10.1. The van der Waals surface area contributed by atoms with E-state index in [1.165, 1.54) is 4.31 Å². The molecule has 1 amide bonds. The van der Waals surface area contributed by atoms with Crippen molar-refractivity contribution in [1.82, 2.24) is 0 Å². The maximum absolute atomic E-state index is 12.6. The minimum Gasteiger partial charge on any atom is -0.322 e. The lowest BCUT2D eigenvalue weighted by Gasteiger charge is -2.29. The summed E-state index contributed by atoms with van der Waals surface area (Å²) in [6, 6.07) is 11.0. The second-order valence-electron chi connectivity index (χ2n) is 6.85. The Bertz CT molecular complexity index is 952. The van der Waals surface area contributed by atoms with Crippen molar-refractivity contribution >= 4 is 27.3 Å². The van der Waals surface area contributed by atoms with Gasteiger partial charge in [-0.2, -0.15) is 0 Å². The fourth-order valence-electron chi connectivity index (χ4n) is 3.10. The predicted molar refractivity (Wildman–Crippen MR) is 105 cm³/mol. The molecule has 26 heavy (non-hydrogen) atoms. The van der Waals surface area contributed by atoms with Crippen LogP contribution in [0.2, 0.25) is 0 Å². The smallest absolute Gasteiger partial charge is 0.255 e. The van der Waals surface area contributed by atoms with E-state index < -0.39 is 10.0 Å². The molecule has 1 heterocycles. The van der Waals surface area contributed by atoms with Crippen molar-refractivity contribution in [1.29, 1.82) is 0 Å². The van der Waals surface area contributed by atoms with E-state index >= 15 is 0 Å². The van der Waals surface area contributed by atoms with Gasteiger partial charge in [-0.3, -0.25) is 9.10 Å². The van der Waals surface area contributed by atoms with Crippen molar-refractivity contribution in [3.05, 3.63) is 58.7 Å². The minimum absolute atomic E-state index is 0.158. The van der Waals surface area contributed by atoms with Crippen LogP contribution >= 0.6 is 0 Å². The molecule has 0 radical (unpaired) electrons. The van der Waals surface area contributed by atoms with Crippen LogP contribution in [0.5, 0.6) is 0 Å². The van der Waals surface area contributed by atoms with Gasteiger partial charge in [-0.15, -0.1) is 0 Å². The molecule has 0 spiro atoms. The summed E-state index contributed by atoms with van der Waals surface area (Å²) in [6.07, 6.45) is 1.52. The molecule has 0 bridgehead atoms. The van der Waals surface area contributed by atoms with E-state index in [-0.39, 0.29) is 11.7 Å². The third-order valence-corrected chi connectivity index (χ3v) is 6.71. The largest absolute Gasteiger partial charge is 0.322 e. The summed E-state index contributed by atoms with van der Waals surface area (Å²) in [6.45, 7) is 6.35. The number of carbonyl (C=O) groups is 1. The van der Waals surface area contributed by atoms with Crippen molar-refractivity contribution in [2.75, 3.05) is 21.9 Å². The Morgan fingerprint density at radius 1 is 0.962 bits per heavy atom. The molecule has 0 unspecified atom stereocenters. The summed E-state index contributed by atoms with van der Waals surface area (Å²) in [5, 5.41) is 2.89. The van der Waals surface area contributed by atoms with Gasteiger partial charge in [0, 0.05) is 17.8 Å². The highest BCUT2D eigenvalue weighted by Gasteiger charge is 2.27. The first-order valence-electron chi connectivity index (χ1n) is 8.77. The van der Waals surface area contributed by atoms with Crippen LogP contribution in [0.25, 0.3) is 0 Å². The van der Waals surface area contributed by atoms with Gasteiger partial charge in [0.15, 0.2) is 0 Å². The fourth-order valence-corrected chi connectivity index (χ4v) is 4.79. The van der Waals surface area contributed by atoms with E-state index in [0.717, 1.165) is 28.8 Å². The normalized spacial score (nSPS) is 16.3. The first-order valence-corrected chi connectivity index (χ1v) is 10.4. The summed E-state index contributed by atoms with van der Waals surface area (Å²) < 4.78 is 26.2. The Hall–Kier alpha value is -2.34. The zero-order valence-electron chi connectivity index (χ0n) is 15.4. The van der Waals surface area contributed by atoms with Gasteiger partial charge >= 0.3 is 0 Å². The molecule has 0 aliphatic carbocycles. The van der Waals surface area contributed by atoms with Gasteiger partial charge in [0.05, 0.1) is 11.4 Å². The number of amides is 1. The maximum Gasteiger partial charge on any atom is 0.255 e. The molecule has 0 aromatic heterocycles. The Morgan fingerprint density at radius 2 is 1.69 bits per heavy atom. The topological polar surface area (TPSA) is 66.5 Å². The summed E-state index contributed by atoms with van der Waals surface area (Å²) in [5.41, 5.74) is 4.88. The van der Waals surface area contributed by atoms with Crippen molar-refractivity contribution in [2.45, 2.75) is 33.6 Å². The van der Waals surface area contributed by atoms with E-state index in [1.54, 1.807) is 18.2 Å². The quantitative estimate of drug-likeness (QED) is 0.891. The molecule has 2 aromatic carbocycles. The van der Waals surface area contributed by atoms with E-state index in [9.17, 15) is 13.2 Å². The number of aryl methyl sites for hydroxylation is 3. The fraction of sp³-hybridized carbons (Fsp3) is 0.350. The molecular formula is C20H24N2O3S. The van der Waals surface area contributed by atoms with E-state index in [0.29, 0.717) is 24.2 Å². The zero-order chi connectivity index (χ0) is 18.9. The molecule has 0 saturated carbocycles. The number of hydrogen-bond donors (Lipinski definition) is 1. The van der Waals surface area contributed by atoms with Crippen molar-refractivity contribution in [3.63, 3.8) is 0 Å². The Kier molecular flexibility index (Phi) is 5.05. The van der Waals surface area contributed by atoms with E-state index in [4.69, 9.17) is 0 Å². The van der Waals surface area contributed by atoms with Crippen LogP contribution in [0.15, 0.2) is 36.4 Å². The Balaban J connectivity index is 1.89. The van der Waals surface area contributed by atoms with E-state index in [2.05, 4.69) is 5.32 Å². The van der Waals surface area contributed by atoms with E-state index in [1.807, 2.05) is 39.0 Å². The first kappa shape index (κ1) is 18.5. The van der Waals surface area contributed by atoms with Gasteiger partial charge in [0.2, 0.25) is 10.0 Å². The van der Waals surface area contributed by atoms with Crippen LogP contribution in [-0.2, 0) is 10.0 Å². The van der Waals surface area contributed by atoms with Gasteiger partial charge in [0.1, 0.15) is 0 Å². The van der Waals surface area contributed by atoms with Crippen molar-refractivity contribution < 1.29 is 13.2 Å². The highest BCUT2D eigenvalue weighted by Crippen LogP contribution is 2.28. The van der Waals surface area contributed by atoms with Gasteiger partial charge in [-0.1, -0.05) is 12.1 Å². The standard InChI is InChI=1S/C20H24N2O3S/c1-14-7-9-18(12-16(14)3)21-20(23)17-8-6-15(2)19(13-17)22-10-4-5-11-26(22,24)25/h6-9,12-13H,4-5,10-11H2,1-3H3,(H,21,23). The average Bonchev–Trinajstić information content (AvgIpc) is 2.58. The number of benzene rings is 2. The summed E-state index contributed by atoms with van der Waals surface area (Å²) in [7, 11) is -3.31. The van der Waals surface area contributed by atoms with Crippen molar-refractivity contribution in [3.8, 4) is 0 Å². The molecule has 1 aliphatic heterocycles. The van der Waals surface area contributed by atoms with Gasteiger partial charge in [-0.25, -0.2) is 8.42 Å². The predicted octanol–water partition coefficient (Wildman–Crippen LogP) is 3.79. The van der Waals surface area contributed by atoms with Crippen LogP contribution in [0, 0.1) is 20.8 Å². The third-order valence-electron chi connectivity index (χ3n) is 4.85. The van der Waals surface area contributed by atoms with Gasteiger partial charge in [0.25, 0.3) is 5.91 Å². The summed E-state index contributed by atoms with van der Waals surface area (Å²) >= 11 is 0. The molecule has 1 saturated heterocycles. The number of nitrogens with one attached hydrogen (secondary N) is 1. The summed E-state index contributed by atoms with van der Waals surface area (Å²) in [5.74, 6) is -0.0881. The number of rotatable bonds is 3. The molecule has 5 nitrogen and oxygen atoms in total. The average molecular weight is 372 g/mol. The monoisotopic (exact) mass is 372 g/mol. The van der Waals surface area contributed by atoms with Crippen LogP contribution in [0.4, 0.5) is 11.4 Å². The lowest BCUT2D eigenvalue weighted by molar-refractivity contribution is 0.102. The second-order valence-corrected chi connectivity index (χ2v) is 8.86. The van der Waals surface area contributed by atoms with Crippen LogP contribution in [0.3, 0.4) is 0 Å². The number of anilines is 2. The molecule has 2 aromatic rings. The second kappa shape index (κ2) is 7.11. The Morgan fingerprint density at radius 3 is 2.38 bits per heavy atom. The summed E-state index contributed by atoms with van der Waals surface area (Å²) in [4.78, 5) is 12.6. The zero-order valence-corrected chi connectivity index (χ0v) is 16.2. The molecule has 1 N–H and O–H groups in total. The Labute approximate surface area is 155 Å². The van der Waals surface area contributed by atoms with Crippen LogP contribution < -0.4 is 9.62 Å². The molecular weight excluding hydrogens is 348 g/mol. The maximum atomic E-state index is 12.6. The van der Waals surface area contributed by atoms with Crippen LogP contribution in [0.1, 0.15) is 39.9 Å². The van der Waals surface area contributed by atoms with Gasteiger partial charge in [-0.05, 0) is 74.6 Å². The van der Waals surface area contributed by atoms with Crippen molar-refractivity contribution in [2.24, 2.45) is 0 Å². The molecule has 0 atom stereocenters. The van der Waals surface area contributed by atoms with Gasteiger partial charge < -0.3 is 5.32 Å². The molecule has 3 rings (SSSR count). The molecule has 1 aliphatic rings. The molecule has 138 valence electrons. The highest BCUT2D eigenvalue weighted by atomic mass is 32.2. The number of sulfonamides is 1. The molecule has 1 fully saturated rings. The SMILES string of the molecule is Cc1ccc(NC(=O)c2ccc(C)c(N3CCCCS3(=O)=O)c2)cc1C. The minimum atomic E-state index is -3.31. The van der Waals surface area contributed by atoms with Crippen LogP contribution in [-0.4, -0.2) is 26.6 Å².